The normalized spacial score (nSPS) is 15.2. The average Bonchev–Trinajstić information content (AvgIpc) is 3.51. The van der Waals surface area contributed by atoms with Crippen LogP contribution in [0.5, 0.6) is 0 Å². The number of fused-ring (bicyclic) bond motifs is 1. The summed E-state index contributed by atoms with van der Waals surface area (Å²) in [4.78, 5) is 12.7. The molecule has 1 aromatic carbocycles. The molecule has 31 heavy (non-hydrogen) atoms. The van der Waals surface area contributed by atoms with Gasteiger partial charge in [0.1, 0.15) is 6.10 Å². The number of rotatable bonds is 8. The summed E-state index contributed by atoms with van der Waals surface area (Å²) in [5.41, 5.74) is 1.12. The Balaban J connectivity index is 0.00000272. The van der Waals surface area contributed by atoms with Gasteiger partial charge in [-0.2, -0.15) is 0 Å². The topological polar surface area (TPSA) is 72.8 Å². The number of benzene rings is 1. The van der Waals surface area contributed by atoms with E-state index in [-0.39, 0.29) is 24.0 Å². The molecule has 3 heterocycles. The summed E-state index contributed by atoms with van der Waals surface area (Å²) in [6, 6.07) is 10.3. The summed E-state index contributed by atoms with van der Waals surface area (Å²) in [5.74, 6) is 0.729. The van der Waals surface area contributed by atoms with E-state index in [0.717, 1.165) is 54.3 Å². The number of guanidine groups is 1. The van der Waals surface area contributed by atoms with Gasteiger partial charge in [0, 0.05) is 47.6 Å². The molecule has 0 aliphatic carbocycles. The smallest absolute Gasteiger partial charge is 0.191 e. The summed E-state index contributed by atoms with van der Waals surface area (Å²) in [5, 5.41) is 21.7. The number of thiazole rings is 1. The molecule has 1 aliphatic rings. The lowest BCUT2D eigenvalue weighted by Crippen LogP contribution is -2.38. The Hall–Kier alpha value is -1.43. The molecule has 3 N–H and O–H groups in total. The maximum absolute atomic E-state index is 10.6. The SMILES string of the molecule is CCNC(=NCC(O)c1cc2ccccc2s1)NCCc1csc(N2CCCC2)n1.I. The van der Waals surface area contributed by atoms with E-state index in [0.29, 0.717) is 6.54 Å². The van der Waals surface area contributed by atoms with Crippen molar-refractivity contribution >= 4 is 67.8 Å². The zero-order valence-electron chi connectivity index (χ0n) is 17.7. The first-order valence-corrected chi connectivity index (χ1v) is 12.3. The molecular formula is C22H30IN5OS2. The third-order valence-corrected chi connectivity index (χ3v) is 7.30. The van der Waals surface area contributed by atoms with Crippen molar-refractivity contribution in [3.63, 3.8) is 0 Å². The van der Waals surface area contributed by atoms with Gasteiger partial charge in [-0.05, 0) is 37.3 Å². The molecule has 0 radical (unpaired) electrons. The van der Waals surface area contributed by atoms with Gasteiger partial charge < -0.3 is 20.6 Å². The van der Waals surface area contributed by atoms with Gasteiger partial charge in [0.05, 0.1) is 12.2 Å². The highest BCUT2D eigenvalue weighted by molar-refractivity contribution is 14.0. The third kappa shape index (κ3) is 6.53. The van der Waals surface area contributed by atoms with Crippen LogP contribution in [0.15, 0.2) is 40.7 Å². The Morgan fingerprint density at radius 2 is 2.06 bits per heavy atom. The fraction of sp³-hybridized carbons (Fsp3) is 0.455. The lowest BCUT2D eigenvalue weighted by molar-refractivity contribution is 0.191. The molecule has 0 saturated carbocycles. The van der Waals surface area contributed by atoms with E-state index in [2.05, 4.69) is 44.1 Å². The molecule has 2 aromatic heterocycles. The molecule has 1 unspecified atom stereocenters. The summed E-state index contributed by atoms with van der Waals surface area (Å²) in [6.07, 6.45) is 2.80. The van der Waals surface area contributed by atoms with Crippen molar-refractivity contribution in [2.24, 2.45) is 4.99 Å². The molecule has 3 aromatic rings. The highest BCUT2D eigenvalue weighted by atomic mass is 127. The summed E-state index contributed by atoms with van der Waals surface area (Å²) >= 11 is 3.37. The van der Waals surface area contributed by atoms with Crippen LogP contribution in [0.3, 0.4) is 0 Å². The van der Waals surface area contributed by atoms with Crippen molar-refractivity contribution in [3.8, 4) is 0 Å². The number of aliphatic hydroxyl groups is 1. The minimum absolute atomic E-state index is 0. The van der Waals surface area contributed by atoms with E-state index >= 15 is 0 Å². The number of aromatic nitrogens is 1. The van der Waals surface area contributed by atoms with E-state index in [1.54, 1.807) is 22.7 Å². The van der Waals surface area contributed by atoms with Crippen molar-refractivity contribution in [3.05, 3.63) is 46.3 Å². The van der Waals surface area contributed by atoms with Gasteiger partial charge >= 0.3 is 0 Å². The van der Waals surface area contributed by atoms with Crippen molar-refractivity contribution < 1.29 is 5.11 Å². The van der Waals surface area contributed by atoms with Crippen LogP contribution in [0.4, 0.5) is 5.13 Å². The molecule has 1 saturated heterocycles. The van der Waals surface area contributed by atoms with Gasteiger partial charge in [0.25, 0.3) is 0 Å². The van der Waals surface area contributed by atoms with Crippen molar-refractivity contribution in [2.45, 2.75) is 32.3 Å². The first kappa shape index (κ1) is 24.2. The highest BCUT2D eigenvalue weighted by Crippen LogP contribution is 2.30. The fourth-order valence-corrected chi connectivity index (χ4v) is 5.51. The quantitative estimate of drug-likeness (QED) is 0.212. The standard InChI is InChI=1S/C22H29N5OS2.HI/c1-2-23-21(24-10-9-17-15-29-22(26-17)27-11-5-6-12-27)25-14-18(28)20-13-16-7-3-4-8-19(16)30-20;/h3-4,7-8,13,15,18,28H,2,5-6,9-12,14H2,1H3,(H2,23,24,25);1H. The van der Waals surface area contributed by atoms with Gasteiger partial charge in [-0.3, -0.25) is 4.99 Å². The second-order valence-electron chi connectivity index (χ2n) is 7.41. The number of hydrogen-bond donors (Lipinski definition) is 3. The lowest BCUT2D eigenvalue weighted by atomic mass is 10.2. The molecule has 0 bridgehead atoms. The Morgan fingerprint density at radius 1 is 1.26 bits per heavy atom. The second-order valence-corrected chi connectivity index (χ2v) is 9.37. The molecule has 4 rings (SSSR count). The molecule has 9 heteroatoms. The highest BCUT2D eigenvalue weighted by Gasteiger charge is 2.15. The Kier molecular flexibility index (Phi) is 9.36. The molecule has 0 amide bonds. The van der Waals surface area contributed by atoms with E-state index in [9.17, 15) is 5.11 Å². The van der Waals surface area contributed by atoms with Gasteiger partial charge in [-0.1, -0.05) is 18.2 Å². The first-order valence-electron chi connectivity index (χ1n) is 10.6. The lowest BCUT2D eigenvalue weighted by Gasteiger charge is -2.13. The van der Waals surface area contributed by atoms with Gasteiger partial charge in [-0.25, -0.2) is 4.98 Å². The number of anilines is 1. The Bertz CT molecular complexity index is 950. The summed E-state index contributed by atoms with van der Waals surface area (Å²) in [7, 11) is 0. The molecule has 168 valence electrons. The zero-order chi connectivity index (χ0) is 20.8. The van der Waals surface area contributed by atoms with Crippen LogP contribution in [-0.4, -0.2) is 48.8 Å². The van der Waals surface area contributed by atoms with Crippen LogP contribution >= 0.6 is 46.7 Å². The maximum Gasteiger partial charge on any atom is 0.191 e. The number of aliphatic imine (C=N–C) groups is 1. The van der Waals surface area contributed by atoms with Gasteiger partial charge in [0.15, 0.2) is 11.1 Å². The van der Waals surface area contributed by atoms with Crippen LogP contribution in [0, 0.1) is 0 Å². The van der Waals surface area contributed by atoms with E-state index in [1.165, 1.54) is 22.9 Å². The largest absolute Gasteiger partial charge is 0.386 e. The minimum atomic E-state index is -0.598. The molecule has 6 nitrogen and oxygen atoms in total. The molecule has 1 aliphatic heterocycles. The molecule has 1 fully saturated rings. The Labute approximate surface area is 208 Å². The summed E-state index contributed by atoms with van der Waals surface area (Å²) < 4.78 is 1.19. The number of nitrogens with one attached hydrogen (secondary N) is 2. The zero-order valence-corrected chi connectivity index (χ0v) is 21.7. The maximum atomic E-state index is 10.6. The van der Waals surface area contributed by atoms with Gasteiger partial charge in [-0.15, -0.1) is 46.7 Å². The second kappa shape index (κ2) is 12.0. The van der Waals surface area contributed by atoms with Crippen LogP contribution in [0.2, 0.25) is 0 Å². The predicted molar refractivity (Wildman–Crippen MR) is 143 cm³/mol. The van der Waals surface area contributed by atoms with Crippen molar-refractivity contribution in [2.75, 3.05) is 37.6 Å². The van der Waals surface area contributed by atoms with Crippen LogP contribution < -0.4 is 15.5 Å². The van der Waals surface area contributed by atoms with E-state index < -0.39 is 6.10 Å². The number of nitrogens with zero attached hydrogens (tertiary/aromatic N) is 3. The summed E-state index contributed by atoms with van der Waals surface area (Å²) in [6.45, 7) is 6.17. The van der Waals surface area contributed by atoms with Crippen LogP contribution in [0.25, 0.3) is 10.1 Å². The Morgan fingerprint density at radius 3 is 2.84 bits per heavy atom. The predicted octanol–water partition coefficient (Wildman–Crippen LogP) is 4.41. The number of halogens is 1. The molecular weight excluding hydrogens is 541 g/mol. The van der Waals surface area contributed by atoms with E-state index in [4.69, 9.17) is 4.98 Å². The average molecular weight is 572 g/mol. The molecule has 0 spiro atoms. The van der Waals surface area contributed by atoms with Crippen LogP contribution in [-0.2, 0) is 6.42 Å². The monoisotopic (exact) mass is 571 g/mol. The van der Waals surface area contributed by atoms with Gasteiger partial charge in [0.2, 0.25) is 0 Å². The molecule has 1 atom stereocenters. The van der Waals surface area contributed by atoms with E-state index in [1.807, 2.05) is 19.1 Å². The minimum Gasteiger partial charge on any atom is -0.386 e. The third-order valence-electron chi connectivity index (χ3n) is 5.13. The fourth-order valence-electron chi connectivity index (χ4n) is 3.55. The first-order chi connectivity index (χ1) is 14.7. The van der Waals surface area contributed by atoms with Crippen molar-refractivity contribution in [1.82, 2.24) is 15.6 Å². The number of thiophene rings is 1. The van der Waals surface area contributed by atoms with Crippen molar-refractivity contribution in [1.29, 1.82) is 0 Å². The van der Waals surface area contributed by atoms with Crippen LogP contribution in [0.1, 0.15) is 36.4 Å². The number of aliphatic hydroxyl groups excluding tert-OH is 1. The number of hydrogen-bond acceptors (Lipinski definition) is 6.